The number of aryl methyl sites for hydroxylation is 1. The number of aromatic nitrogens is 1. The number of carbonyl (C=O) groups is 1. The number of anilines is 1. The molecule has 20 heavy (non-hydrogen) atoms. The van der Waals surface area contributed by atoms with Crippen LogP contribution in [0.25, 0.3) is 0 Å². The maximum absolute atomic E-state index is 10.5. The van der Waals surface area contributed by atoms with Gasteiger partial charge in [-0.25, -0.2) is 4.98 Å². The number of hydrogen-bond donors (Lipinski definition) is 2. The molecule has 1 unspecified atom stereocenters. The Labute approximate surface area is 122 Å². The number of benzene rings is 1. The average molecular weight is 290 g/mol. The first-order valence-corrected chi connectivity index (χ1v) is 7.54. The second-order valence-corrected chi connectivity index (χ2v) is 5.41. The third kappa shape index (κ3) is 4.06. The summed E-state index contributed by atoms with van der Waals surface area (Å²) in [6, 6.07) is 10.5. The van der Waals surface area contributed by atoms with Gasteiger partial charge in [0.05, 0.1) is 18.2 Å². The zero-order valence-corrected chi connectivity index (χ0v) is 12.2. The molecule has 0 saturated heterocycles. The van der Waals surface area contributed by atoms with Gasteiger partial charge >= 0.3 is 5.97 Å². The molecule has 0 bridgehead atoms. The number of carboxylic acids is 1. The van der Waals surface area contributed by atoms with Gasteiger partial charge in [-0.1, -0.05) is 37.3 Å². The van der Waals surface area contributed by atoms with Crippen LogP contribution in [0.5, 0.6) is 0 Å². The first-order valence-electron chi connectivity index (χ1n) is 6.66. The van der Waals surface area contributed by atoms with Crippen LogP contribution >= 0.6 is 11.3 Å². The van der Waals surface area contributed by atoms with Crippen molar-refractivity contribution in [2.45, 2.75) is 32.2 Å². The monoisotopic (exact) mass is 290 g/mol. The van der Waals surface area contributed by atoms with Gasteiger partial charge in [0.15, 0.2) is 5.13 Å². The highest BCUT2D eigenvalue weighted by molar-refractivity contribution is 7.13. The summed E-state index contributed by atoms with van der Waals surface area (Å²) >= 11 is 1.52. The molecule has 0 aliphatic rings. The molecule has 0 spiro atoms. The van der Waals surface area contributed by atoms with E-state index in [-0.39, 0.29) is 12.5 Å². The van der Waals surface area contributed by atoms with Crippen molar-refractivity contribution in [3.05, 3.63) is 47.0 Å². The lowest BCUT2D eigenvalue weighted by atomic mass is 10.1. The van der Waals surface area contributed by atoms with E-state index in [1.807, 2.05) is 23.6 Å². The molecule has 2 rings (SSSR count). The maximum atomic E-state index is 10.5. The van der Waals surface area contributed by atoms with Crippen LogP contribution in [0.4, 0.5) is 5.13 Å². The van der Waals surface area contributed by atoms with Crippen molar-refractivity contribution in [3.63, 3.8) is 0 Å². The fourth-order valence-electron chi connectivity index (χ4n) is 1.98. The van der Waals surface area contributed by atoms with Gasteiger partial charge in [0.1, 0.15) is 0 Å². The van der Waals surface area contributed by atoms with Crippen LogP contribution in [0.3, 0.4) is 0 Å². The Morgan fingerprint density at radius 2 is 2.15 bits per heavy atom. The van der Waals surface area contributed by atoms with Crippen LogP contribution in [-0.4, -0.2) is 16.1 Å². The van der Waals surface area contributed by atoms with Gasteiger partial charge in [-0.2, -0.15) is 0 Å². The first-order chi connectivity index (χ1) is 9.69. The number of nitrogens with zero attached hydrogens (tertiary/aromatic N) is 1. The van der Waals surface area contributed by atoms with E-state index in [1.165, 1.54) is 16.9 Å². The standard InChI is InChI=1S/C15H18N2O2S/c1-2-13(11-6-4-3-5-7-11)17-15-16-12(10-20-15)8-9-14(18)19/h3-7,10,13H,2,8-9H2,1H3,(H,16,17)(H,18,19). The molecule has 1 heterocycles. The summed E-state index contributed by atoms with van der Waals surface area (Å²) < 4.78 is 0. The topological polar surface area (TPSA) is 62.2 Å². The van der Waals surface area contributed by atoms with E-state index < -0.39 is 5.97 Å². The lowest BCUT2D eigenvalue weighted by Crippen LogP contribution is -2.09. The van der Waals surface area contributed by atoms with E-state index in [4.69, 9.17) is 5.11 Å². The number of hydrogen-bond acceptors (Lipinski definition) is 4. The quantitative estimate of drug-likeness (QED) is 0.815. The highest BCUT2D eigenvalue weighted by Crippen LogP contribution is 2.25. The number of carboxylic acid groups (broad SMARTS) is 1. The average Bonchev–Trinajstić information content (AvgIpc) is 2.91. The van der Waals surface area contributed by atoms with Crippen molar-refractivity contribution in [2.75, 3.05) is 5.32 Å². The molecule has 0 fully saturated rings. The number of thiazole rings is 1. The summed E-state index contributed by atoms with van der Waals surface area (Å²) in [5, 5.41) is 14.9. The highest BCUT2D eigenvalue weighted by atomic mass is 32.1. The minimum Gasteiger partial charge on any atom is -0.481 e. The summed E-state index contributed by atoms with van der Waals surface area (Å²) in [5.41, 5.74) is 2.07. The molecule has 2 aromatic rings. The number of rotatable bonds is 7. The maximum Gasteiger partial charge on any atom is 0.303 e. The van der Waals surface area contributed by atoms with Gasteiger partial charge in [0, 0.05) is 11.8 Å². The highest BCUT2D eigenvalue weighted by Gasteiger charge is 2.11. The minimum atomic E-state index is -0.789. The van der Waals surface area contributed by atoms with Crippen molar-refractivity contribution >= 4 is 22.4 Å². The Bertz CT molecular complexity index is 554. The van der Waals surface area contributed by atoms with Gasteiger partial charge in [-0.3, -0.25) is 4.79 Å². The van der Waals surface area contributed by atoms with Crippen molar-refractivity contribution in [3.8, 4) is 0 Å². The lowest BCUT2D eigenvalue weighted by Gasteiger charge is -2.16. The first kappa shape index (κ1) is 14.5. The Morgan fingerprint density at radius 3 is 2.80 bits per heavy atom. The second kappa shape index (κ2) is 7.05. The van der Waals surface area contributed by atoms with E-state index in [1.54, 1.807) is 0 Å². The Balaban J connectivity index is 2.00. The molecule has 4 nitrogen and oxygen atoms in total. The van der Waals surface area contributed by atoms with Crippen LogP contribution in [-0.2, 0) is 11.2 Å². The Morgan fingerprint density at radius 1 is 1.40 bits per heavy atom. The van der Waals surface area contributed by atoms with Crippen LogP contribution in [0, 0.1) is 0 Å². The lowest BCUT2D eigenvalue weighted by molar-refractivity contribution is -0.136. The summed E-state index contributed by atoms with van der Waals surface area (Å²) in [5.74, 6) is -0.789. The smallest absolute Gasteiger partial charge is 0.303 e. The zero-order valence-electron chi connectivity index (χ0n) is 11.4. The zero-order chi connectivity index (χ0) is 14.4. The number of nitrogens with one attached hydrogen (secondary N) is 1. The third-order valence-corrected chi connectivity index (χ3v) is 3.88. The van der Waals surface area contributed by atoms with E-state index >= 15 is 0 Å². The fourth-order valence-corrected chi connectivity index (χ4v) is 2.78. The molecular weight excluding hydrogens is 272 g/mol. The van der Waals surface area contributed by atoms with Crippen molar-refractivity contribution in [1.82, 2.24) is 4.98 Å². The molecule has 0 radical (unpaired) electrons. The molecule has 1 aromatic heterocycles. The van der Waals surface area contributed by atoms with E-state index in [0.29, 0.717) is 6.42 Å². The molecule has 1 aromatic carbocycles. The molecule has 106 valence electrons. The molecule has 0 amide bonds. The molecular formula is C15H18N2O2S. The predicted octanol–water partition coefficient (Wildman–Crippen LogP) is 3.72. The van der Waals surface area contributed by atoms with Crippen LogP contribution in [0.2, 0.25) is 0 Å². The number of aliphatic carboxylic acids is 1. The van der Waals surface area contributed by atoms with Crippen molar-refractivity contribution < 1.29 is 9.90 Å². The summed E-state index contributed by atoms with van der Waals surface area (Å²) in [6.45, 7) is 2.13. The van der Waals surface area contributed by atoms with E-state index in [2.05, 4.69) is 29.4 Å². The van der Waals surface area contributed by atoms with Crippen LogP contribution in [0.15, 0.2) is 35.7 Å². The summed E-state index contributed by atoms with van der Waals surface area (Å²) in [7, 11) is 0. The Hall–Kier alpha value is -1.88. The molecule has 5 heteroatoms. The SMILES string of the molecule is CCC(Nc1nc(CCC(=O)O)cs1)c1ccccc1. The largest absolute Gasteiger partial charge is 0.481 e. The molecule has 1 atom stereocenters. The van der Waals surface area contributed by atoms with Crippen molar-refractivity contribution in [1.29, 1.82) is 0 Å². The van der Waals surface area contributed by atoms with Crippen LogP contribution < -0.4 is 5.32 Å². The van der Waals surface area contributed by atoms with Crippen molar-refractivity contribution in [2.24, 2.45) is 0 Å². The Kier molecular flexibility index (Phi) is 5.12. The van der Waals surface area contributed by atoms with Gasteiger partial charge in [0.2, 0.25) is 0 Å². The molecule has 0 saturated carbocycles. The third-order valence-electron chi connectivity index (χ3n) is 3.05. The minimum absolute atomic E-state index is 0.124. The van der Waals surface area contributed by atoms with Gasteiger partial charge < -0.3 is 10.4 Å². The summed E-state index contributed by atoms with van der Waals surface area (Å²) in [4.78, 5) is 15.0. The van der Waals surface area contributed by atoms with Gasteiger partial charge in [-0.15, -0.1) is 11.3 Å². The predicted molar refractivity (Wildman–Crippen MR) is 81.2 cm³/mol. The second-order valence-electron chi connectivity index (χ2n) is 4.55. The van der Waals surface area contributed by atoms with Gasteiger partial charge in [0.25, 0.3) is 0 Å². The van der Waals surface area contributed by atoms with E-state index in [0.717, 1.165) is 17.2 Å². The molecule has 2 N–H and O–H groups in total. The molecule has 0 aliphatic heterocycles. The molecule has 0 aliphatic carbocycles. The van der Waals surface area contributed by atoms with Gasteiger partial charge in [-0.05, 0) is 12.0 Å². The summed E-state index contributed by atoms with van der Waals surface area (Å²) in [6.07, 6.45) is 1.57. The fraction of sp³-hybridized carbons (Fsp3) is 0.333. The van der Waals surface area contributed by atoms with Crippen LogP contribution in [0.1, 0.15) is 37.1 Å². The van der Waals surface area contributed by atoms with E-state index in [9.17, 15) is 4.79 Å². The normalized spacial score (nSPS) is 12.1.